The summed E-state index contributed by atoms with van der Waals surface area (Å²) in [4.78, 5) is 30.9. The first-order chi connectivity index (χ1) is 12.6. The van der Waals surface area contributed by atoms with Crippen molar-refractivity contribution in [1.82, 2.24) is 9.88 Å². The number of amides is 1. The largest absolute Gasteiger partial charge is 0.368 e. The Morgan fingerprint density at radius 2 is 2.07 bits per heavy atom. The third-order valence-electron chi connectivity index (χ3n) is 4.50. The van der Waals surface area contributed by atoms with Crippen molar-refractivity contribution in [3.8, 4) is 0 Å². The highest BCUT2D eigenvalue weighted by molar-refractivity contribution is 7.99. The fourth-order valence-electron chi connectivity index (χ4n) is 3.14. The van der Waals surface area contributed by atoms with Crippen LogP contribution in [-0.2, 0) is 24.2 Å². The van der Waals surface area contributed by atoms with Gasteiger partial charge in [0, 0.05) is 24.5 Å². The average molecular weight is 411 g/mol. The highest BCUT2D eigenvalue weighted by Gasteiger charge is 2.60. The molecule has 0 spiro atoms. The number of carbonyl (C=O) groups excluding carboxylic acids is 2. The molecule has 3 rings (SSSR count). The highest BCUT2D eigenvalue weighted by Crippen LogP contribution is 2.41. The third kappa shape index (κ3) is 3.55. The normalized spacial score (nSPS) is 24.4. The lowest BCUT2D eigenvalue weighted by Crippen LogP contribution is -2.71. The standard InChI is InChI=1S/C18H22N2O5S2/c1-18(2,3)15(21)13-11(9-26-12-7-5-6-8-19-12)10-27(23,24)17-14(25-4)16(22)20(13)17/h5-8,14,17H,9-10H2,1-4H3/t14-,17+/m0/s1. The predicted octanol–water partition coefficient (Wildman–Crippen LogP) is 1.65. The third-order valence-corrected chi connectivity index (χ3v) is 7.47. The highest BCUT2D eigenvalue weighted by atomic mass is 32.2. The summed E-state index contributed by atoms with van der Waals surface area (Å²) in [6.07, 6.45) is 0.594. The molecular formula is C18H22N2O5S2. The number of Topliss-reactive ketones (excluding diaryl/α,β-unsaturated/α-hetero) is 1. The first-order valence-electron chi connectivity index (χ1n) is 8.46. The van der Waals surface area contributed by atoms with Crippen LogP contribution in [0.4, 0.5) is 0 Å². The van der Waals surface area contributed by atoms with Gasteiger partial charge in [-0.15, -0.1) is 11.8 Å². The number of carbonyl (C=O) groups is 2. The molecule has 27 heavy (non-hydrogen) atoms. The van der Waals surface area contributed by atoms with Crippen molar-refractivity contribution in [1.29, 1.82) is 0 Å². The number of rotatable bonds is 5. The number of fused-ring (bicyclic) bond motifs is 1. The summed E-state index contributed by atoms with van der Waals surface area (Å²) in [7, 11) is -2.34. The van der Waals surface area contributed by atoms with Crippen molar-refractivity contribution in [2.45, 2.75) is 37.3 Å². The van der Waals surface area contributed by atoms with Crippen LogP contribution in [0.2, 0.25) is 0 Å². The minimum atomic E-state index is -3.65. The van der Waals surface area contributed by atoms with Crippen LogP contribution in [0.25, 0.3) is 0 Å². The summed E-state index contributed by atoms with van der Waals surface area (Å²) in [6.45, 7) is 5.26. The van der Waals surface area contributed by atoms with E-state index in [1.807, 2.05) is 12.1 Å². The Morgan fingerprint density at radius 3 is 2.63 bits per heavy atom. The number of pyridine rings is 1. The number of ether oxygens (including phenoxy) is 1. The lowest BCUT2D eigenvalue weighted by atomic mass is 9.86. The number of ketones is 1. The van der Waals surface area contributed by atoms with E-state index in [0.717, 1.165) is 9.93 Å². The fraction of sp³-hybridized carbons (Fsp3) is 0.500. The molecule has 0 aromatic carbocycles. The summed E-state index contributed by atoms with van der Waals surface area (Å²) < 4.78 is 30.6. The van der Waals surface area contributed by atoms with Crippen molar-refractivity contribution in [2.24, 2.45) is 5.41 Å². The van der Waals surface area contributed by atoms with Gasteiger partial charge in [0.2, 0.25) is 0 Å². The molecule has 146 valence electrons. The molecule has 0 saturated carbocycles. The van der Waals surface area contributed by atoms with E-state index in [1.165, 1.54) is 18.9 Å². The second-order valence-electron chi connectivity index (χ2n) is 7.55. The topological polar surface area (TPSA) is 93.6 Å². The molecule has 1 fully saturated rings. The number of methoxy groups -OCH3 is 1. The van der Waals surface area contributed by atoms with Crippen LogP contribution < -0.4 is 0 Å². The Morgan fingerprint density at radius 1 is 1.37 bits per heavy atom. The Kier molecular flexibility index (Phi) is 5.22. The minimum Gasteiger partial charge on any atom is -0.368 e. The number of thioether (sulfide) groups is 1. The van der Waals surface area contributed by atoms with Crippen LogP contribution in [0.5, 0.6) is 0 Å². The zero-order valence-corrected chi connectivity index (χ0v) is 17.3. The Hall–Kier alpha value is -1.71. The molecule has 0 N–H and O–H groups in total. The van der Waals surface area contributed by atoms with Crippen LogP contribution in [0.1, 0.15) is 20.8 Å². The maximum Gasteiger partial charge on any atom is 0.260 e. The number of sulfone groups is 1. The van der Waals surface area contributed by atoms with Gasteiger partial charge in [-0.3, -0.25) is 14.5 Å². The number of hydrogen-bond acceptors (Lipinski definition) is 7. The summed E-state index contributed by atoms with van der Waals surface area (Å²) in [5.41, 5.74) is -0.117. The SMILES string of the molecule is CO[C@H]1C(=O)N2C(C(=O)C(C)(C)C)=C(CSc3ccccn3)CS(=O)(=O)[C@H]12. The Labute approximate surface area is 163 Å². The molecule has 0 radical (unpaired) electrons. The fourth-order valence-corrected chi connectivity index (χ4v) is 6.17. The predicted molar refractivity (Wildman–Crippen MR) is 102 cm³/mol. The number of nitrogens with zero attached hydrogens (tertiary/aromatic N) is 2. The van der Waals surface area contributed by atoms with E-state index in [0.29, 0.717) is 5.57 Å². The van der Waals surface area contributed by atoms with Crippen molar-refractivity contribution in [3.63, 3.8) is 0 Å². The number of allylic oxidation sites excluding steroid dienone is 1. The van der Waals surface area contributed by atoms with Gasteiger partial charge >= 0.3 is 0 Å². The van der Waals surface area contributed by atoms with Crippen molar-refractivity contribution in [3.05, 3.63) is 35.7 Å². The summed E-state index contributed by atoms with van der Waals surface area (Å²) >= 11 is 1.34. The van der Waals surface area contributed by atoms with Gasteiger partial charge in [0.05, 0.1) is 16.5 Å². The Balaban J connectivity index is 2.03. The second-order valence-corrected chi connectivity index (χ2v) is 10.6. The minimum absolute atomic E-state index is 0.198. The van der Waals surface area contributed by atoms with Gasteiger partial charge in [-0.1, -0.05) is 26.8 Å². The number of hydrogen-bond donors (Lipinski definition) is 0. The maximum atomic E-state index is 13.1. The van der Waals surface area contributed by atoms with Crippen LogP contribution in [0.15, 0.2) is 40.7 Å². The molecule has 1 aromatic heterocycles. The van der Waals surface area contributed by atoms with Gasteiger partial charge in [-0.2, -0.15) is 0 Å². The zero-order valence-electron chi connectivity index (χ0n) is 15.6. The smallest absolute Gasteiger partial charge is 0.260 e. The van der Waals surface area contributed by atoms with E-state index < -0.39 is 32.6 Å². The van der Waals surface area contributed by atoms with Gasteiger partial charge in [0.25, 0.3) is 5.91 Å². The van der Waals surface area contributed by atoms with Crippen LogP contribution >= 0.6 is 11.8 Å². The van der Waals surface area contributed by atoms with Gasteiger partial charge < -0.3 is 4.74 Å². The molecule has 1 aromatic rings. The summed E-state index contributed by atoms with van der Waals surface area (Å²) in [6, 6.07) is 5.43. The first-order valence-corrected chi connectivity index (χ1v) is 11.2. The van der Waals surface area contributed by atoms with Gasteiger partial charge in [0.15, 0.2) is 27.1 Å². The number of β-lactam (4-membered cyclic amide) rings is 1. The van der Waals surface area contributed by atoms with Crippen molar-refractivity contribution in [2.75, 3.05) is 18.6 Å². The summed E-state index contributed by atoms with van der Waals surface area (Å²) in [5, 5.41) is -0.406. The van der Waals surface area contributed by atoms with Crippen LogP contribution in [0, 0.1) is 5.41 Å². The van der Waals surface area contributed by atoms with E-state index in [9.17, 15) is 18.0 Å². The average Bonchev–Trinajstić information content (AvgIpc) is 2.59. The van der Waals surface area contributed by atoms with E-state index >= 15 is 0 Å². The zero-order chi connectivity index (χ0) is 20.0. The molecule has 2 aliphatic heterocycles. The molecule has 9 heteroatoms. The van der Waals surface area contributed by atoms with Gasteiger partial charge in [0.1, 0.15) is 0 Å². The Bertz CT molecular complexity index is 903. The van der Waals surface area contributed by atoms with E-state index in [4.69, 9.17) is 4.74 Å². The monoisotopic (exact) mass is 410 g/mol. The molecule has 7 nitrogen and oxygen atoms in total. The lowest BCUT2D eigenvalue weighted by Gasteiger charge is -2.49. The number of aromatic nitrogens is 1. The quantitative estimate of drug-likeness (QED) is 0.538. The maximum absolute atomic E-state index is 13.1. The van der Waals surface area contributed by atoms with Gasteiger partial charge in [-0.05, 0) is 17.7 Å². The molecule has 2 aliphatic rings. The van der Waals surface area contributed by atoms with Crippen molar-refractivity contribution < 1.29 is 22.7 Å². The molecule has 1 saturated heterocycles. The molecule has 2 atom stereocenters. The van der Waals surface area contributed by atoms with Crippen molar-refractivity contribution >= 4 is 33.3 Å². The van der Waals surface area contributed by atoms with Gasteiger partial charge in [-0.25, -0.2) is 13.4 Å². The molecule has 0 aliphatic carbocycles. The van der Waals surface area contributed by atoms with E-state index in [1.54, 1.807) is 33.0 Å². The molecule has 0 bridgehead atoms. The molecule has 3 heterocycles. The molecular weight excluding hydrogens is 388 g/mol. The first kappa shape index (κ1) is 20.0. The molecule has 1 amide bonds. The van der Waals surface area contributed by atoms with E-state index in [-0.39, 0.29) is 23.0 Å². The van der Waals surface area contributed by atoms with E-state index in [2.05, 4.69) is 4.98 Å². The molecule has 0 unspecified atom stereocenters. The summed E-state index contributed by atoms with van der Waals surface area (Å²) in [5.74, 6) is -0.736. The second kappa shape index (κ2) is 7.03. The lowest BCUT2D eigenvalue weighted by molar-refractivity contribution is -0.161. The van der Waals surface area contributed by atoms with Crippen LogP contribution in [0.3, 0.4) is 0 Å². The van der Waals surface area contributed by atoms with Crippen LogP contribution in [-0.4, -0.2) is 60.1 Å².